The summed E-state index contributed by atoms with van der Waals surface area (Å²) in [6, 6.07) is 17.7. The van der Waals surface area contributed by atoms with Crippen molar-refractivity contribution >= 4 is 5.65 Å². The lowest BCUT2D eigenvalue weighted by molar-refractivity contribution is -0.141. The van der Waals surface area contributed by atoms with Crippen LogP contribution in [0.2, 0.25) is 0 Å². The average molecular weight is 490 g/mol. The maximum atomic E-state index is 13.1. The molecule has 0 aliphatic heterocycles. The van der Waals surface area contributed by atoms with Crippen LogP contribution < -0.4 is 11.4 Å². The molecule has 0 aliphatic carbocycles. The molecule has 7 nitrogen and oxygen atoms in total. The zero-order valence-electron chi connectivity index (χ0n) is 19.2. The van der Waals surface area contributed by atoms with Gasteiger partial charge in [-0.3, -0.25) is 4.98 Å². The van der Waals surface area contributed by atoms with E-state index in [0.717, 1.165) is 40.1 Å². The first-order valence-electron chi connectivity index (χ1n) is 11.1. The molecule has 2 N–H and O–H groups in total. The van der Waals surface area contributed by atoms with Crippen LogP contribution in [0.5, 0.6) is 0 Å². The third-order valence-corrected chi connectivity index (χ3v) is 5.87. The van der Waals surface area contributed by atoms with E-state index in [9.17, 15) is 18.0 Å². The lowest BCUT2D eigenvalue weighted by Crippen LogP contribution is -2.23. The van der Waals surface area contributed by atoms with E-state index in [1.807, 2.05) is 55.5 Å². The fourth-order valence-electron chi connectivity index (χ4n) is 4.01. The number of fused-ring (bicyclic) bond motifs is 1. The predicted octanol–water partition coefficient (Wildman–Crippen LogP) is 4.45. The Morgan fingerprint density at radius 1 is 0.944 bits per heavy atom. The molecule has 3 aromatic heterocycles. The smallest absolute Gasteiger partial charge is 0.326 e. The number of benzene rings is 2. The lowest BCUT2D eigenvalue weighted by Gasteiger charge is -2.12. The molecule has 5 aromatic rings. The van der Waals surface area contributed by atoms with Crippen molar-refractivity contribution in [3.8, 4) is 22.3 Å². The van der Waals surface area contributed by atoms with E-state index >= 15 is 0 Å². The molecule has 182 valence electrons. The summed E-state index contributed by atoms with van der Waals surface area (Å²) in [6.45, 7) is 2.28. The highest BCUT2D eigenvalue weighted by atomic mass is 19.4. The van der Waals surface area contributed by atoms with Crippen molar-refractivity contribution in [2.24, 2.45) is 5.73 Å². The number of halogens is 3. The maximum Gasteiger partial charge on any atom is 0.433 e. The number of hydrogen-bond donors (Lipinski definition) is 1. The van der Waals surface area contributed by atoms with E-state index < -0.39 is 17.6 Å². The van der Waals surface area contributed by atoms with E-state index in [0.29, 0.717) is 23.3 Å². The zero-order valence-corrected chi connectivity index (χ0v) is 19.2. The van der Waals surface area contributed by atoms with Crippen LogP contribution >= 0.6 is 0 Å². The third-order valence-electron chi connectivity index (χ3n) is 5.87. The molecule has 2 aromatic carbocycles. The monoisotopic (exact) mass is 490 g/mol. The van der Waals surface area contributed by atoms with Gasteiger partial charge in [0.25, 0.3) is 0 Å². The van der Waals surface area contributed by atoms with Gasteiger partial charge in [-0.1, -0.05) is 54.1 Å². The molecule has 0 fully saturated rings. The molecular formula is C26H21F3N6O. The molecule has 0 saturated heterocycles. The van der Waals surface area contributed by atoms with Gasteiger partial charge in [0.2, 0.25) is 0 Å². The molecule has 5 rings (SSSR count). The minimum Gasteiger partial charge on any atom is -0.326 e. The van der Waals surface area contributed by atoms with Crippen LogP contribution in [-0.4, -0.2) is 24.4 Å². The van der Waals surface area contributed by atoms with Crippen LogP contribution in [0.3, 0.4) is 0 Å². The van der Waals surface area contributed by atoms with Gasteiger partial charge in [-0.15, -0.1) is 5.10 Å². The van der Waals surface area contributed by atoms with Crippen molar-refractivity contribution in [1.82, 2.24) is 24.4 Å². The Morgan fingerprint density at radius 2 is 1.72 bits per heavy atom. The summed E-state index contributed by atoms with van der Waals surface area (Å²) in [6.07, 6.45) is -1.83. The highest BCUT2D eigenvalue weighted by Gasteiger charge is 2.32. The van der Waals surface area contributed by atoms with Gasteiger partial charge in [0.15, 0.2) is 5.65 Å². The molecule has 3 heterocycles. The molecular weight excluding hydrogens is 469 g/mol. The number of aromatic nitrogens is 5. The van der Waals surface area contributed by atoms with Gasteiger partial charge in [-0.25, -0.2) is 9.48 Å². The SMILES string of the molecule is Cc1ccc(-c2cnn3c(=O)n(Cc4ccc(C(F)(F)F)nc4)nc3c2-c2cccc(CN)c2)cc1. The van der Waals surface area contributed by atoms with E-state index in [2.05, 4.69) is 15.2 Å². The van der Waals surface area contributed by atoms with Crippen LogP contribution in [0, 0.1) is 6.92 Å². The molecule has 36 heavy (non-hydrogen) atoms. The Bertz CT molecular complexity index is 1600. The average Bonchev–Trinajstić information content (AvgIpc) is 3.18. The molecule has 0 bridgehead atoms. The molecule has 0 atom stereocenters. The molecule has 0 saturated carbocycles. The first-order chi connectivity index (χ1) is 17.2. The van der Waals surface area contributed by atoms with Crippen LogP contribution in [0.4, 0.5) is 13.2 Å². The van der Waals surface area contributed by atoms with Crippen molar-refractivity contribution in [3.63, 3.8) is 0 Å². The van der Waals surface area contributed by atoms with Gasteiger partial charge >= 0.3 is 11.9 Å². The first kappa shape index (κ1) is 23.4. The maximum absolute atomic E-state index is 13.1. The third kappa shape index (κ3) is 4.38. The second-order valence-electron chi connectivity index (χ2n) is 8.43. The molecule has 0 amide bonds. The van der Waals surface area contributed by atoms with Crippen LogP contribution in [0.15, 0.2) is 77.9 Å². The van der Waals surface area contributed by atoms with Crippen molar-refractivity contribution in [1.29, 1.82) is 0 Å². The standard InChI is InChI=1S/C26H21F3N6O/c1-16-5-8-19(9-6-16)21-14-32-35-24(23(21)20-4-2-3-17(11-20)12-30)33-34(25(35)36)15-18-7-10-22(31-13-18)26(27,28)29/h2-11,13-14H,12,15,30H2,1H3. The van der Waals surface area contributed by atoms with Crippen LogP contribution in [0.25, 0.3) is 27.9 Å². The minimum absolute atomic E-state index is 0.0600. The Kier molecular flexibility index (Phi) is 5.89. The normalized spacial score (nSPS) is 11.8. The Hall–Kier alpha value is -4.31. The van der Waals surface area contributed by atoms with Crippen molar-refractivity contribution in [2.75, 3.05) is 0 Å². The topological polar surface area (TPSA) is 91.1 Å². The second-order valence-corrected chi connectivity index (χ2v) is 8.43. The number of alkyl halides is 3. The summed E-state index contributed by atoms with van der Waals surface area (Å²) in [5.74, 6) is 0. The van der Waals surface area contributed by atoms with Crippen LogP contribution in [-0.2, 0) is 19.3 Å². The predicted molar refractivity (Wildman–Crippen MR) is 129 cm³/mol. The molecule has 0 spiro atoms. The number of nitrogens with zero attached hydrogens (tertiary/aromatic N) is 5. The van der Waals surface area contributed by atoms with Crippen molar-refractivity contribution < 1.29 is 13.2 Å². The summed E-state index contributed by atoms with van der Waals surface area (Å²) in [7, 11) is 0. The summed E-state index contributed by atoms with van der Waals surface area (Å²) in [5, 5.41) is 8.89. The lowest BCUT2D eigenvalue weighted by atomic mass is 9.95. The number of aryl methyl sites for hydroxylation is 1. The summed E-state index contributed by atoms with van der Waals surface area (Å²) >= 11 is 0. The van der Waals surface area contributed by atoms with Gasteiger partial charge in [-0.05, 0) is 41.3 Å². The number of rotatable bonds is 5. The van der Waals surface area contributed by atoms with Crippen LogP contribution in [0.1, 0.15) is 22.4 Å². The summed E-state index contributed by atoms with van der Waals surface area (Å²) in [4.78, 5) is 16.6. The minimum atomic E-state index is -4.54. The molecule has 0 aliphatic rings. The fraction of sp³-hybridized carbons (Fsp3) is 0.154. The van der Waals surface area contributed by atoms with Gasteiger partial charge in [0, 0.05) is 23.9 Å². The largest absolute Gasteiger partial charge is 0.433 e. The first-order valence-corrected chi connectivity index (χ1v) is 11.1. The van der Waals surface area contributed by atoms with Gasteiger partial charge in [-0.2, -0.15) is 22.8 Å². The Morgan fingerprint density at radius 3 is 2.39 bits per heavy atom. The number of hydrogen-bond acceptors (Lipinski definition) is 5. The quantitative estimate of drug-likeness (QED) is 0.393. The van der Waals surface area contributed by atoms with E-state index in [4.69, 9.17) is 5.73 Å². The van der Waals surface area contributed by atoms with Gasteiger partial charge in [0.1, 0.15) is 5.69 Å². The Balaban J connectivity index is 1.67. The van der Waals surface area contributed by atoms with E-state index in [1.165, 1.54) is 15.3 Å². The molecule has 0 radical (unpaired) electrons. The van der Waals surface area contributed by atoms with Gasteiger partial charge in [0.05, 0.1) is 12.7 Å². The van der Waals surface area contributed by atoms with Gasteiger partial charge < -0.3 is 5.73 Å². The van der Waals surface area contributed by atoms with E-state index in [1.54, 1.807) is 6.20 Å². The fourth-order valence-corrected chi connectivity index (χ4v) is 4.01. The highest BCUT2D eigenvalue weighted by Crippen LogP contribution is 2.34. The summed E-state index contributed by atoms with van der Waals surface area (Å²) < 4.78 is 40.9. The van der Waals surface area contributed by atoms with Crippen molar-refractivity contribution in [3.05, 3.63) is 106 Å². The highest BCUT2D eigenvalue weighted by molar-refractivity contribution is 5.91. The summed E-state index contributed by atoms with van der Waals surface area (Å²) in [5.41, 5.74) is 10.3. The second kappa shape index (κ2) is 9.04. The zero-order chi connectivity index (χ0) is 25.4. The molecule has 0 unspecified atom stereocenters. The van der Waals surface area contributed by atoms with E-state index in [-0.39, 0.29) is 6.54 Å². The molecule has 10 heteroatoms. The number of nitrogens with two attached hydrogens (primary N) is 1. The Labute approximate surface area is 203 Å². The number of pyridine rings is 1. The van der Waals surface area contributed by atoms with Crippen molar-refractivity contribution in [2.45, 2.75) is 26.2 Å².